The summed E-state index contributed by atoms with van der Waals surface area (Å²) in [4.78, 5) is 19.3. The first-order valence-electron chi connectivity index (χ1n) is 5.99. The van der Waals surface area contributed by atoms with Crippen molar-refractivity contribution in [1.29, 1.82) is 0 Å². The standard InChI is InChI=1S/C13H16N4O2/c1-8-5-14-12(9(2)13(8)17(18)19)6-16-7-15-10(3)11(16)4/h5,7H,6H2,1-4H3. The summed E-state index contributed by atoms with van der Waals surface area (Å²) in [5.41, 5.74) is 4.07. The molecule has 2 rings (SSSR count). The Morgan fingerprint density at radius 1 is 1.26 bits per heavy atom. The van der Waals surface area contributed by atoms with Gasteiger partial charge in [0.15, 0.2) is 0 Å². The number of nitrogens with zero attached hydrogens (tertiary/aromatic N) is 4. The molecule has 100 valence electrons. The molecule has 19 heavy (non-hydrogen) atoms. The fraction of sp³-hybridized carbons (Fsp3) is 0.385. The molecule has 6 heteroatoms. The maximum Gasteiger partial charge on any atom is 0.278 e. The Morgan fingerprint density at radius 2 is 1.95 bits per heavy atom. The van der Waals surface area contributed by atoms with Gasteiger partial charge < -0.3 is 4.57 Å². The molecule has 0 bridgehead atoms. The number of rotatable bonds is 3. The van der Waals surface area contributed by atoms with Gasteiger partial charge in [0.05, 0.1) is 34.7 Å². The molecular weight excluding hydrogens is 244 g/mol. The SMILES string of the molecule is Cc1cnc(Cn2cnc(C)c2C)c(C)c1[N+](=O)[O-]. The zero-order valence-corrected chi connectivity index (χ0v) is 11.5. The van der Waals surface area contributed by atoms with Crippen molar-refractivity contribution in [2.45, 2.75) is 34.2 Å². The third-order valence-corrected chi connectivity index (χ3v) is 3.42. The van der Waals surface area contributed by atoms with Gasteiger partial charge in [-0.2, -0.15) is 0 Å². The van der Waals surface area contributed by atoms with Crippen LogP contribution in [0.3, 0.4) is 0 Å². The lowest BCUT2D eigenvalue weighted by atomic mass is 10.1. The van der Waals surface area contributed by atoms with Crippen molar-refractivity contribution >= 4 is 5.69 Å². The summed E-state index contributed by atoms with van der Waals surface area (Å²) in [5.74, 6) is 0. The van der Waals surface area contributed by atoms with E-state index in [-0.39, 0.29) is 10.6 Å². The Labute approximate surface area is 111 Å². The molecule has 0 spiro atoms. The summed E-state index contributed by atoms with van der Waals surface area (Å²) in [6.07, 6.45) is 3.29. The minimum Gasteiger partial charge on any atom is -0.329 e. The highest BCUT2D eigenvalue weighted by Gasteiger charge is 2.19. The third kappa shape index (κ3) is 2.33. The number of nitro groups is 1. The van der Waals surface area contributed by atoms with Gasteiger partial charge in [-0.15, -0.1) is 0 Å². The Kier molecular flexibility index (Phi) is 3.33. The molecule has 0 unspecified atom stereocenters. The van der Waals surface area contributed by atoms with Gasteiger partial charge in [-0.3, -0.25) is 15.1 Å². The van der Waals surface area contributed by atoms with E-state index in [1.165, 1.54) is 0 Å². The Bertz CT molecular complexity index is 646. The molecule has 2 heterocycles. The van der Waals surface area contributed by atoms with Crippen molar-refractivity contribution in [1.82, 2.24) is 14.5 Å². The van der Waals surface area contributed by atoms with Crippen LogP contribution >= 0.6 is 0 Å². The summed E-state index contributed by atoms with van der Waals surface area (Å²) < 4.78 is 1.95. The largest absolute Gasteiger partial charge is 0.329 e. The van der Waals surface area contributed by atoms with Crippen molar-refractivity contribution < 1.29 is 4.92 Å². The summed E-state index contributed by atoms with van der Waals surface area (Å²) >= 11 is 0. The lowest BCUT2D eigenvalue weighted by molar-refractivity contribution is -0.386. The second-order valence-corrected chi connectivity index (χ2v) is 4.66. The first kappa shape index (κ1) is 13.2. The molecule has 6 nitrogen and oxygen atoms in total. The number of pyridine rings is 1. The van der Waals surface area contributed by atoms with Crippen molar-refractivity contribution in [2.75, 3.05) is 0 Å². The van der Waals surface area contributed by atoms with Crippen LogP contribution in [-0.2, 0) is 6.54 Å². The number of hydrogen-bond donors (Lipinski definition) is 0. The van der Waals surface area contributed by atoms with Gasteiger partial charge >= 0.3 is 0 Å². The molecule has 0 amide bonds. The number of aromatic nitrogens is 3. The van der Waals surface area contributed by atoms with E-state index < -0.39 is 0 Å². The van der Waals surface area contributed by atoms with E-state index in [0.717, 1.165) is 11.4 Å². The third-order valence-electron chi connectivity index (χ3n) is 3.42. The monoisotopic (exact) mass is 260 g/mol. The Hall–Kier alpha value is -2.24. The highest BCUT2D eigenvalue weighted by molar-refractivity contribution is 5.47. The molecule has 0 atom stereocenters. The van der Waals surface area contributed by atoms with E-state index >= 15 is 0 Å². The van der Waals surface area contributed by atoms with Crippen LogP contribution in [0.2, 0.25) is 0 Å². The van der Waals surface area contributed by atoms with E-state index in [1.54, 1.807) is 26.4 Å². The van der Waals surface area contributed by atoms with E-state index in [1.807, 2.05) is 18.4 Å². The minimum absolute atomic E-state index is 0.152. The Morgan fingerprint density at radius 3 is 2.47 bits per heavy atom. The fourth-order valence-electron chi connectivity index (χ4n) is 2.07. The zero-order valence-electron chi connectivity index (χ0n) is 11.5. The molecule has 0 aliphatic heterocycles. The predicted molar refractivity (Wildman–Crippen MR) is 71.2 cm³/mol. The lowest BCUT2D eigenvalue weighted by Crippen LogP contribution is -2.07. The molecule has 2 aromatic heterocycles. The average Bonchev–Trinajstić information content (AvgIpc) is 2.64. The van der Waals surface area contributed by atoms with Crippen molar-refractivity contribution in [3.63, 3.8) is 0 Å². The number of imidazole rings is 1. The quantitative estimate of drug-likeness (QED) is 0.627. The van der Waals surface area contributed by atoms with Gasteiger partial charge in [0.1, 0.15) is 0 Å². The molecule has 0 saturated heterocycles. The van der Waals surface area contributed by atoms with Crippen molar-refractivity contribution in [2.24, 2.45) is 0 Å². The second-order valence-electron chi connectivity index (χ2n) is 4.66. The molecule has 0 radical (unpaired) electrons. The van der Waals surface area contributed by atoms with Crippen LogP contribution < -0.4 is 0 Å². The van der Waals surface area contributed by atoms with Crippen LogP contribution in [0.5, 0.6) is 0 Å². The molecule has 0 N–H and O–H groups in total. The Balaban J connectivity index is 2.44. The summed E-state index contributed by atoms with van der Waals surface area (Å²) in [5, 5.41) is 11.1. The smallest absolute Gasteiger partial charge is 0.278 e. The minimum atomic E-state index is -0.345. The fourth-order valence-corrected chi connectivity index (χ4v) is 2.07. The molecule has 0 aliphatic carbocycles. The van der Waals surface area contributed by atoms with E-state index in [0.29, 0.717) is 23.4 Å². The van der Waals surface area contributed by atoms with Gasteiger partial charge in [0.25, 0.3) is 5.69 Å². The zero-order chi connectivity index (χ0) is 14.2. The molecular formula is C13H16N4O2. The molecule has 0 saturated carbocycles. The van der Waals surface area contributed by atoms with Crippen LogP contribution in [0.25, 0.3) is 0 Å². The molecule has 0 aromatic carbocycles. The van der Waals surface area contributed by atoms with E-state index in [9.17, 15) is 10.1 Å². The second kappa shape index (κ2) is 4.79. The van der Waals surface area contributed by atoms with Crippen LogP contribution in [0.4, 0.5) is 5.69 Å². The van der Waals surface area contributed by atoms with Gasteiger partial charge in [-0.25, -0.2) is 4.98 Å². The van der Waals surface area contributed by atoms with Crippen molar-refractivity contribution in [3.05, 3.63) is 50.8 Å². The maximum absolute atomic E-state index is 11.1. The maximum atomic E-state index is 11.1. The molecule has 0 aliphatic rings. The highest BCUT2D eigenvalue weighted by Crippen LogP contribution is 2.24. The summed E-state index contributed by atoms with van der Waals surface area (Å²) in [7, 11) is 0. The highest BCUT2D eigenvalue weighted by atomic mass is 16.6. The normalized spacial score (nSPS) is 10.7. The predicted octanol–water partition coefficient (Wildman–Crippen LogP) is 2.47. The topological polar surface area (TPSA) is 73.8 Å². The van der Waals surface area contributed by atoms with Crippen LogP contribution in [0, 0.1) is 37.8 Å². The van der Waals surface area contributed by atoms with Crippen LogP contribution in [0.1, 0.15) is 28.2 Å². The first-order valence-corrected chi connectivity index (χ1v) is 5.99. The van der Waals surface area contributed by atoms with E-state index in [2.05, 4.69) is 9.97 Å². The molecule has 2 aromatic rings. The van der Waals surface area contributed by atoms with Gasteiger partial charge in [-0.05, 0) is 27.7 Å². The van der Waals surface area contributed by atoms with E-state index in [4.69, 9.17) is 0 Å². The summed E-state index contributed by atoms with van der Waals surface area (Å²) in [6, 6.07) is 0. The number of aryl methyl sites for hydroxylation is 2. The lowest BCUT2D eigenvalue weighted by Gasteiger charge is -2.09. The molecule has 0 fully saturated rings. The van der Waals surface area contributed by atoms with Gasteiger partial charge in [-0.1, -0.05) is 0 Å². The first-order chi connectivity index (χ1) is 8.91. The van der Waals surface area contributed by atoms with Crippen LogP contribution in [-0.4, -0.2) is 19.5 Å². The van der Waals surface area contributed by atoms with Crippen LogP contribution in [0.15, 0.2) is 12.5 Å². The average molecular weight is 260 g/mol. The van der Waals surface area contributed by atoms with Gasteiger partial charge in [0.2, 0.25) is 0 Å². The number of hydrogen-bond acceptors (Lipinski definition) is 4. The van der Waals surface area contributed by atoms with Gasteiger partial charge in [0, 0.05) is 17.5 Å². The summed E-state index contributed by atoms with van der Waals surface area (Å²) in [6.45, 7) is 7.85. The van der Waals surface area contributed by atoms with Crippen molar-refractivity contribution in [3.8, 4) is 0 Å².